The zero-order valence-corrected chi connectivity index (χ0v) is 27.5. The molecule has 48 heavy (non-hydrogen) atoms. The van der Waals surface area contributed by atoms with Crippen molar-refractivity contribution in [3.05, 3.63) is 162 Å². The second-order valence-electron chi connectivity index (χ2n) is 14.2. The standard InChI is InChI=1S/C46H36N2/c1-29-12-11-17-36-37-28-33(22-23-40(37)46(2,3)45(29)36)48-42-19-10-8-16-35(42)39-27-31(21-25-44(39)48)30-20-24-43-38(26-30)34-15-7-9-18-41(34)47(43)32-13-5-4-6-14-32/h4-11,13-29H,12H2,1-3H3. The molecule has 8 aromatic rings. The van der Waals surface area contributed by atoms with Crippen LogP contribution in [0.2, 0.25) is 0 Å². The van der Waals surface area contributed by atoms with Crippen molar-refractivity contribution >= 4 is 49.2 Å². The van der Waals surface area contributed by atoms with Gasteiger partial charge in [0, 0.05) is 38.3 Å². The van der Waals surface area contributed by atoms with Gasteiger partial charge in [0.2, 0.25) is 0 Å². The molecule has 1 atom stereocenters. The predicted molar refractivity (Wildman–Crippen MR) is 203 cm³/mol. The molecule has 2 aliphatic carbocycles. The largest absolute Gasteiger partial charge is 0.309 e. The van der Waals surface area contributed by atoms with Gasteiger partial charge in [-0.15, -0.1) is 0 Å². The smallest absolute Gasteiger partial charge is 0.0541 e. The van der Waals surface area contributed by atoms with Crippen molar-refractivity contribution in [1.82, 2.24) is 9.13 Å². The number of rotatable bonds is 3. The van der Waals surface area contributed by atoms with Crippen molar-refractivity contribution in [1.29, 1.82) is 0 Å². The van der Waals surface area contributed by atoms with Crippen LogP contribution in [0, 0.1) is 5.92 Å². The van der Waals surface area contributed by atoms with Crippen LogP contribution in [0.5, 0.6) is 0 Å². The minimum atomic E-state index is 0.0532. The van der Waals surface area contributed by atoms with E-state index in [-0.39, 0.29) is 5.41 Å². The highest BCUT2D eigenvalue weighted by molar-refractivity contribution is 6.12. The van der Waals surface area contributed by atoms with Gasteiger partial charge in [-0.2, -0.15) is 0 Å². The molecule has 2 nitrogen and oxygen atoms in total. The van der Waals surface area contributed by atoms with Gasteiger partial charge in [-0.1, -0.05) is 106 Å². The predicted octanol–water partition coefficient (Wildman–Crippen LogP) is 12.2. The van der Waals surface area contributed by atoms with E-state index >= 15 is 0 Å². The molecule has 230 valence electrons. The number of hydrogen-bond acceptors (Lipinski definition) is 0. The maximum absolute atomic E-state index is 2.47. The second-order valence-corrected chi connectivity index (χ2v) is 14.2. The summed E-state index contributed by atoms with van der Waals surface area (Å²) >= 11 is 0. The lowest BCUT2D eigenvalue weighted by Crippen LogP contribution is -2.22. The van der Waals surface area contributed by atoms with Crippen molar-refractivity contribution in [2.24, 2.45) is 5.92 Å². The Bertz CT molecular complexity index is 2670. The van der Waals surface area contributed by atoms with Crippen molar-refractivity contribution in [3.8, 4) is 22.5 Å². The van der Waals surface area contributed by atoms with Gasteiger partial charge in [-0.25, -0.2) is 0 Å². The van der Waals surface area contributed by atoms with Crippen LogP contribution in [0.15, 0.2) is 151 Å². The van der Waals surface area contributed by atoms with Crippen molar-refractivity contribution in [2.75, 3.05) is 0 Å². The third-order valence-corrected chi connectivity index (χ3v) is 11.1. The van der Waals surface area contributed by atoms with Gasteiger partial charge in [0.15, 0.2) is 0 Å². The molecule has 0 aliphatic heterocycles. The molecule has 0 spiro atoms. The summed E-state index contributed by atoms with van der Waals surface area (Å²) in [4.78, 5) is 0. The van der Waals surface area contributed by atoms with Crippen molar-refractivity contribution < 1.29 is 0 Å². The molecular formula is C46H36N2. The Kier molecular flexibility index (Phi) is 5.70. The Morgan fingerprint density at radius 2 is 1.10 bits per heavy atom. The molecule has 2 aliphatic rings. The molecule has 2 heterocycles. The third kappa shape index (κ3) is 3.75. The molecule has 0 fully saturated rings. The molecule has 0 N–H and O–H groups in total. The average molecular weight is 617 g/mol. The summed E-state index contributed by atoms with van der Waals surface area (Å²) in [5.41, 5.74) is 15.7. The second kappa shape index (κ2) is 9.95. The van der Waals surface area contributed by atoms with Gasteiger partial charge in [-0.3, -0.25) is 0 Å². The summed E-state index contributed by atoms with van der Waals surface area (Å²) in [6, 6.07) is 49.5. The van der Waals surface area contributed by atoms with E-state index < -0.39 is 0 Å². The van der Waals surface area contributed by atoms with E-state index in [1.807, 2.05) is 0 Å². The van der Waals surface area contributed by atoms with Gasteiger partial charge in [0.25, 0.3) is 0 Å². The first-order valence-electron chi connectivity index (χ1n) is 17.2. The highest BCUT2D eigenvalue weighted by atomic mass is 15.0. The summed E-state index contributed by atoms with van der Waals surface area (Å²) in [6.45, 7) is 7.20. The molecule has 0 saturated carbocycles. The Labute approximate surface area is 280 Å². The highest BCUT2D eigenvalue weighted by Crippen LogP contribution is 2.52. The lowest BCUT2D eigenvalue weighted by Gasteiger charge is -2.30. The summed E-state index contributed by atoms with van der Waals surface area (Å²) in [7, 11) is 0. The highest BCUT2D eigenvalue weighted by Gasteiger charge is 2.40. The minimum absolute atomic E-state index is 0.0532. The maximum atomic E-state index is 2.47. The molecule has 0 radical (unpaired) electrons. The van der Waals surface area contributed by atoms with Crippen LogP contribution in [-0.4, -0.2) is 9.13 Å². The maximum Gasteiger partial charge on any atom is 0.0541 e. The van der Waals surface area contributed by atoms with E-state index in [1.54, 1.807) is 5.57 Å². The zero-order valence-electron chi connectivity index (χ0n) is 27.5. The van der Waals surface area contributed by atoms with Gasteiger partial charge in [0.05, 0.1) is 22.1 Å². The normalized spacial score (nSPS) is 16.8. The lowest BCUT2D eigenvalue weighted by molar-refractivity contribution is 0.530. The molecule has 2 heteroatoms. The first kappa shape index (κ1) is 27.5. The van der Waals surface area contributed by atoms with E-state index in [0.717, 1.165) is 6.42 Å². The zero-order chi connectivity index (χ0) is 32.1. The van der Waals surface area contributed by atoms with Crippen LogP contribution >= 0.6 is 0 Å². The molecular weight excluding hydrogens is 581 g/mol. The number of para-hydroxylation sites is 3. The van der Waals surface area contributed by atoms with E-state index in [9.17, 15) is 0 Å². The molecule has 6 aromatic carbocycles. The van der Waals surface area contributed by atoms with Crippen molar-refractivity contribution in [3.63, 3.8) is 0 Å². The Balaban J connectivity index is 1.15. The monoisotopic (exact) mass is 616 g/mol. The van der Waals surface area contributed by atoms with Gasteiger partial charge < -0.3 is 9.13 Å². The van der Waals surface area contributed by atoms with Gasteiger partial charge >= 0.3 is 0 Å². The molecule has 10 rings (SSSR count). The number of aromatic nitrogens is 2. The van der Waals surface area contributed by atoms with Crippen LogP contribution in [0.3, 0.4) is 0 Å². The molecule has 0 bridgehead atoms. The average Bonchev–Trinajstić information content (AvgIpc) is 3.71. The third-order valence-electron chi connectivity index (χ3n) is 11.1. The molecule has 2 aromatic heterocycles. The van der Waals surface area contributed by atoms with E-state index in [4.69, 9.17) is 0 Å². The van der Waals surface area contributed by atoms with Gasteiger partial charge in [-0.05, 0) is 106 Å². The summed E-state index contributed by atoms with van der Waals surface area (Å²) < 4.78 is 4.85. The SMILES string of the molecule is CC1CC=CC2=C1C(C)(C)c1ccc(-n3c4ccccc4c4cc(-c5ccc6c(c5)c5ccccc5n6-c5ccccc5)ccc43)cc12. The van der Waals surface area contributed by atoms with Crippen LogP contribution in [0.1, 0.15) is 38.3 Å². The number of nitrogens with zero attached hydrogens (tertiary/aromatic N) is 2. The molecule has 0 saturated heterocycles. The molecule has 1 unspecified atom stereocenters. The van der Waals surface area contributed by atoms with Crippen LogP contribution in [0.25, 0.3) is 71.7 Å². The molecule has 0 amide bonds. The first-order valence-corrected chi connectivity index (χ1v) is 17.2. The lowest BCUT2D eigenvalue weighted by atomic mass is 9.74. The number of benzene rings is 6. The fourth-order valence-corrected chi connectivity index (χ4v) is 9.07. The van der Waals surface area contributed by atoms with E-state index in [0.29, 0.717) is 5.92 Å². The Hall–Kier alpha value is -5.60. The fourth-order valence-electron chi connectivity index (χ4n) is 9.07. The minimum Gasteiger partial charge on any atom is -0.309 e. The van der Waals surface area contributed by atoms with Crippen molar-refractivity contribution in [2.45, 2.75) is 32.6 Å². The Morgan fingerprint density at radius 3 is 1.75 bits per heavy atom. The van der Waals surface area contributed by atoms with Crippen LogP contribution < -0.4 is 0 Å². The summed E-state index contributed by atoms with van der Waals surface area (Å²) in [5.74, 6) is 0.566. The fraction of sp³-hybridized carbons (Fsp3) is 0.130. The van der Waals surface area contributed by atoms with E-state index in [1.165, 1.54) is 82.8 Å². The van der Waals surface area contributed by atoms with Crippen LogP contribution in [0.4, 0.5) is 0 Å². The number of allylic oxidation sites excluding steroid dienone is 4. The van der Waals surface area contributed by atoms with Gasteiger partial charge in [0.1, 0.15) is 0 Å². The summed E-state index contributed by atoms with van der Waals surface area (Å²) in [6.07, 6.45) is 5.86. The number of hydrogen-bond donors (Lipinski definition) is 0. The number of fused-ring (bicyclic) bond motifs is 8. The Morgan fingerprint density at radius 1 is 0.542 bits per heavy atom. The van der Waals surface area contributed by atoms with E-state index in [2.05, 4.69) is 176 Å². The topological polar surface area (TPSA) is 9.86 Å². The quantitative estimate of drug-likeness (QED) is 0.187. The first-order chi connectivity index (χ1) is 23.5. The van der Waals surface area contributed by atoms with Crippen LogP contribution in [-0.2, 0) is 5.41 Å². The summed E-state index contributed by atoms with van der Waals surface area (Å²) in [5, 5.41) is 5.11.